The van der Waals surface area contributed by atoms with E-state index in [0.717, 1.165) is 30.7 Å². The molecule has 0 spiro atoms. The number of hydrogen-bond acceptors (Lipinski definition) is 4. The summed E-state index contributed by atoms with van der Waals surface area (Å²) in [7, 11) is 0. The molecule has 0 unspecified atom stereocenters. The number of amides is 1. The van der Waals surface area contributed by atoms with Crippen molar-refractivity contribution in [2.45, 2.75) is 33.1 Å². The summed E-state index contributed by atoms with van der Waals surface area (Å²) in [4.78, 5) is 16.5. The molecule has 2 aromatic rings. The molecule has 0 aliphatic rings. The molecule has 0 fully saturated rings. The SMILES string of the molecule is CC=CCCCCOc1cccc(NC(=O)c2ccc(C)nc2N)c1. The van der Waals surface area contributed by atoms with Gasteiger partial charge in [-0.15, -0.1) is 0 Å². The fourth-order valence-electron chi connectivity index (χ4n) is 2.35. The first-order valence-electron chi connectivity index (χ1n) is 8.48. The number of hydrogen-bond donors (Lipinski definition) is 2. The lowest BCUT2D eigenvalue weighted by molar-refractivity contribution is 0.102. The Labute approximate surface area is 148 Å². The maximum absolute atomic E-state index is 12.3. The van der Waals surface area contributed by atoms with Crippen LogP contribution in [0.1, 0.15) is 42.2 Å². The Bertz CT molecular complexity index is 741. The molecule has 0 saturated carbocycles. The number of unbranched alkanes of at least 4 members (excludes halogenated alkanes) is 2. The normalized spacial score (nSPS) is 10.8. The second-order valence-electron chi connectivity index (χ2n) is 5.78. The van der Waals surface area contributed by atoms with E-state index >= 15 is 0 Å². The Morgan fingerprint density at radius 3 is 2.88 bits per heavy atom. The van der Waals surface area contributed by atoms with Gasteiger partial charge in [-0.3, -0.25) is 4.79 Å². The zero-order chi connectivity index (χ0) is 18.1. The minimum Gasteiger partial charge on any atom is -0.494 e. The van der Waals surface area contributed by atoms with Crippen LogP contribution in [-0.4, -0.2) is 17.5 Å². The number of carbonyl (C=O) groups excluding carboxylic acids is 1. The molecule has 0 aliphatic heterocycles. The zero-order valence-corrected chi connectivity index (χ0v) is 14.8. The van der Waals surface area contributed by atoms with E-state index in [1.54, 1.807) is 12.1 Å². The molecule has 0 aliphatic carbocycles. The zero-order valence-electron chi connectivity index (χ0n) is 14.8. The van der Waals surface area contributed by atoms with Crippen molar-refractivity contribution < 1.29 is 9.53 Å². The molecule has 1 amide bonds. The monoisotopic (exact) mass is 339 g/mol. The van der Waals surface area contributed by atoms with E-state index in [1.807, 2.05) is 38.1 Å². The highest BCUT2D eigenvalue weighted by Gasteiger charge is 2.11. The number of nitrogens with one attached hydrogen (secondary N) is 1. The number of nitrogens with two attached hydrogens (primary N) is 1. The van der Waals surface area contributed by atoms with Gasteiger partial charge in [0.15, 0.2) is 0 Å². The molecule has 1 aromatic heterocycles. The standard InChI is InChI=1S/C20H25N3O2/c1-3-4-5-6-7-13-25-17-10-8-9-16(14-17)23-20(24)18-12-11-15(2)22-19(18)21/h3-4,8-12,14H,5-7,13H2,1-2H3,(H2,21,22)(H,23,24). The summed E-state index contributed by atoms with van der Waals surface area (Å²) in [6.45, 7) is 4.51. The van der Waals surface area contributed by atoms with Gasteiger partial charge in [0.2, 0.25) is 0 Å². The van der Waals surface area contributed by atoms with Crippen LogP contribution in [0.2, 0.25) is 0 Å². The van der Waals surface area contributed by atoms with Crippen molar-refractivity contribution in [1.82, 2.24) is 4.98 Å². The molecule has 132 valence electrons. The fourth-order valence-corrected chi connectivity index (χ4v) is 2.35. The molecule has 5 nitrogen and oxygen atoms in total. The third kappa shape index (κ3) is 5.95. The van der Waals surface area contributed by atoms with Gasteiger partial charge in [0.05, 0.1) is 12.2 Å². The Morgan fingerprint density at radius 2 is 2.12 bits per heavy atom. The number of anilines is 2. The number of allylic oxidation sites excluding steroid dienone is 2. The molecular formula is C20H25N3O2. The highest BCUT2D eigenvalue weighted by Crippen LogP contribution is 2.19. The van der Waals surface area contributed by atoms with Crippen LogP contribution in [0, 0.1) is 6.92 Å². The summed E-state index contributed by atoms with van der Waals surface area (Å²) >= 11 is 0. The van der Waals surface area contributed by atoms with Gasteiger partial charge in [-0.05, 0) is 57.4 Å². The number of benzene rings is 1. The Hall–Kier alpha value is -2.82. The van der Waals surface area contributed by atoms with Crippen LogP contribution in [-0.2, 0) is 0 Å². The second kappa shape index (κ2) is 9.47. The van der Waals surface area contributed by atoms with Crippen molar-refractivity contribution in [2.24, 2.45) is 0 Å². The third-order valence-corrected chi connectivity index (χ3v) is 3.67. The lowest BCUT2D eigenvalue weighted by atomic mass is 10.2. The van der Waals surface area contributed by atoms with Crippen molar-refractivity contribution in [3.8, 4) is 5.75 Å². The predicted molar refractivity (Wildman–Crippen MR) is 102 cm³/mol. The van der Waals surface area contributed by atoms with Gasteiger partial charge in [0, 0.05) is 17.4 Å². The van der Waals surface area contributed by atoms with E-state index in [2.05, 4.69) is 22.5 Å². The van der Waals surface area contributed by atoms with Gasteiger partial charge >= 0.3 is 0 Å². The number of ether oxygens (including phenoxy) is 1. The van der Waals surface area contributed by atoms with Crippen molar-refractivity contribution in [3.63, 3.8) is 0 Å². The summed E-state index contributed by atoms with van der Waals surface area (Å²) in [6, 6.07) is 10.8. The van der Waals surface area contributed by atoms with Crippen LogP contribution in [0.5, 0.6) is 5.75 Å². The van der Waals surface area contributed by atoms with Crippen LogP contribution in [0.3, 0.4) is 0 Å². The first-order valence-corrected chi connectivity index (χ1v) is 8.48. The second-order valence-corrected chi connectivity index (χ2v) is 5.78. The molecule has 1 heterocycles. The summed E-state index contributed by atoms with van der Waals surface area (Å²) in [6.07, 6.45) is 7.38. The highest BCUT2D eigenvalue weighted by molar-refractivity contribution is 6.07. The Balaban J connectivity index is 1.91. The van der Waals surface area contributed by atoms with Crippen LogP contribution >= 0.6 is 0 Å². The number of aromatic nitrogens is 1. The number of nitrogens with zero attached hydrogens (tertiary/aromatic N) is 1. The molecule has 3 N–H and O–H groups in total. The highest BCUT2D eigenvalue weighted by atomic mass is 16.5. The summed E-state index contributed by atoms with van der Waals surface area (Å²) in [5.41, 5.74) is 7.62. The van der Waals surface area contributed by atoms with Gasteiger partial charge in [0.1, 0.15) is 11.6 Å². The average molecular weight is 339 g/mol. The van der Waals surface area contributed by atoms with E-state index in [-0.39, 0.29) is 11.7 Å². The van der Waals surface area contributed by atoms with E-state index < -0.39 is 0 Å². The van der Waals surface area contributed by atoms with Crippen molar-refractivity contribution in [1.29, 1.82) is 0 Å². The minimum atomic E-state index is -0.284. The number of nitrogen functional groups attached to an aromatic ring is 1. The number of pyridine rings is 1. The summed E-state index contributed by atoms with van der Waals surface area (Å²) in [5, 5.41) is 2.83. The van der Waals surface area contributed by atoms with Gasteiger partial charge in [-0.25, -0.2) is 4.98 Å². The molecule has 25 heavy (non-hydrogen) atoms. The molecule has 1 aromatic carbocycles. The largest absolute Gasteiger partial charge is 0.494 e. The van der Waals surface area contributed by atoms with E-state index in [1.165, 1.54) is 0 Å². The van der Waals surface area contributed by atoms with Gasteiger partial charge < -0.3 is 15.8 Å². The maximum atomic E-state index is 12.3. The van der Waals surface area contributed by atoms with Crippen molar-refractivity contribution in [2.75, 3.05) is 17.7 Å². The lowest BCUT2D eigenvalue weighted by Crippen LogP contribution is -2.15. The topological polar surface area (TPSA) is 77.2 Å². The summed E-state index contributed by atoms with van der Waals surface area (Å²) in [5.74, 6) is 0.679. The van der Waals surface area contributed by atoms with Crippen LogP contribution in [0.15, 0.2) is 48.6 Å². The molecule has 0 saturated heterocycles. The molecule has 0 radical (unpaired) electrons. The molecule has 2 rings (SSSR count). The van der Waals surface area contributed by atoms with Crippen molar-refractivity contribution in [3.05, 3.63) is 59.8 Å². The average Bonchev–Trinajstić information content (AvgIpc) is 2.58. The van der Waals surface area contributed by atoms with E-state index in [4.69, 9.17) is 10.5 Å². The summed E-state index contributed by atoms with van der Waals surface area (Å²) < 4.78 is 5.74. The first-order chi connectivity index (χ1) is 12.1. The van der Waals surface area contributed by atoms with Crippen LogP contribution in [0.4, 0.5) is 11.5 Å². The van der Waals surface area contributed by atoms with Crippen molar-refractivity contribution >= 4 is 17.4 Å². The van der Waals surface area contributed by atoms with Gasteiger partial charge in [0.25, 0.3) is 5.91 Å². The molecule has 0 bridgehead atoms. The van der Waals surface area contributed by atoms with Crippen LogP contribution in [0.25, 0.3) is 0 Å². The lowest BCUT2D eigenvalue weighted by Gasteiger charge is -2.10. The van der Waals surface area contributed by atoms with Crippen LogP contribution < -0.4 is 15.8 Å². The Kier molecular flexibility index (Phi) is 7.01. The number of carbonyl (C=O) groups is 1. The third-order valence-electron chi connectivity index (χ3n) is 3.67. The quantitative estimate of drug-likeness (QED) is 0.554. The van der Waals surface area contributed by atoms with E-state index in [0.29, 0.717) is 17.9 Å². The number of rotatable bonds is 8. The number of aryl methyl sites for hydroxylation is 1. The predicted octanol–water partition coefficient (Wildman–Crippen LogP) is 4.35. The smallest absolute Gasteiger partial charge is 0.259 e. The molecule has 5 heteroatoms. The maximum Gasteiger partial charge on any atom is 0.259 e. The van der Waals surface area contributed by atoms with Gasteiger partial charge in [-0.2, -0.15) is 0 Å². The fraction of sp³-hybridized carbons (Fsp3) is 0.300. The molecule has 0 atom stereocenters. The first kappa shape index (κ1) is 18.5. The van der Waals surface area contributed by atoms with Gasteiger partial charge in [-0.1, -0.05) is 18.2 Å². The Morgan fingerprint density at radius 1 is 1.28 bits per heavy atom. The molecular weight excluding hydrogens is 314 g/mol. The van der Waals surface area contributed by atoms with E-state index in [9.17, 15) is 4.79 Å². The minimum absolute atomic E-state index is 0.228.